The van der Waals surface area contributed by atoms with Crippen LogP contribution in [0, 0.1) is 20.2 Å². The van der Waals surface area contributed by atoms with Crippen molar-refractivity contribution in [1.29, 1.82) is 0 Å². The molecule has 0 atom stereocenters. The molecule has 0 aliphatic carbocycles. The standard InChI is InChI=1S/C10H6N4O5S/c15-9-3-4-11-10(12-9)20-8-2-1-6(13(16)17)5-7(8)14(18)19/h1-5H,(H,11,12,15). The average Bonchev–Trinajstić information content (AvgIpc) is 2.38. The van der Waals surface area contributed by atoms with Crippen molar-refractivity contribution in [2.45, 2.75) is 10.1 Å². The Bertz CT molecular complexity index is 744. The molecule has 0 spiro atoms. The lowest BCUT2D eigenvalue weighted by atomic mass is 10.3. The average molecular weight is 294 g/mol. The van der Waals surface area contributed by atoms with Gasteiger partial charge in [0.25, 0.3) is 16.9 Å². The molecule has 0 fully saturated rings. The number of benzene rings is 1. The number of nitro benzene ring substituents is 2. The zero-order valence-electron chi connectivity index (χ0n) is 9.68. The first kappa shape index (κ1) is 13.7. The molecule has 0 aliphatic heterocycles. The number of aromatic nitrogens is 2. The molecule has 0 aliphatic rings. The van der Waals surface area contributed by atoms with Crippen LogP contribution in [-0.4, -0.2) is 19.8 Å². The van der Waals surface area contributed by atoms with Crippen molar-refractivity contribution in [2.24, 2.45) is 0 Å². The SMILES string of the molecule is O=c1ccnc(Sc2ccc([N+](=O)[O-])cc2[N+](=O)[O-])[nH]1. The lowest BCUT2D eigenvalue weighted by Crippen LogP contribution is -2.05. The smallest absolute Gasteiger partial charge is 0.290 e. The summed E-state index contributed by atoms with van der Waals surface area (Å²) in [6.45, 7) is 0. The lowest BCUT2D eigenvalue weighted by molar-refractivity contribution is -0.396. The second kappa shape index (κ2) is 5.48. The van der Waals surface area contributed by atoms with Gasteiger partial charge in [-0.15, -0.1) is 0 Å². The number of nitro groups is 2. The molecular weight excluding hydrogens is 288 g/mol. The summed E-state index contributed by atoms with van der Waals surface area (Å²) in [5, 5.41) is 21.7. The van der Waals surface area contributed by atoms with Gasteiger partial charge in [-0.25, -0.2) is 4.98 Å². The van der Waals surface area contributed by atoms with Crippen molar-refractivity contribution in [1.82, 2.24) is 9.97 Å². The molecule has 102 valence electrons. The van der Waals surface area contributed by atoms with E-state index < -0.39 is 21.1 Å². The highest BCUT2D eigenvalue weighted by Crippen LogP contribution is 2.34. The van der Waals surface area contributed by atoms with E-state index in [0.717, 1.165) is 23.9 Å². The largest absolute Gasteiger partial charge is 0.301 e. The van der Waals surface area contributed by atoms with Crippen LogP contribution in [0.3, 0.4) is 0 Å². The molecule has 10 heteroatoms. The van der Waals surface area contributed by atoms with Gasteiger partial charge in [-0.2, -0.15) is 0 Å². The van der Waals surface area contributed by atoms with E-state index >= 15 is 0 Å². The number of hydrogen-bond acceptors (Lipinski definition) is 7. The first-order valence-corrected chi connectivity index (χ1v) is 5.95. The topological polar surface area (TPSA) is 132 Å². The van der Waals surface area contributed by atoms with Gasteiger partial charge in [0.1, 0.15) is 0 Å². The second-order valence-corrected chi connectivity index (χ2v) is 4.54. The van der Waals surface area contributed by atoms with Crippen LogP contribution in [0.1, 0.15) is 0 Å². The highest BCUT2D eigenvalue weighted by atomic mass is 32.2. The van der Waals surface area contributed by atoms with E-state index in [1.807, 2.05) is 0 Å². The maximum Gasteiger partial charge on any atom is 0.290 e. The number of H-pyrrole nitrogens is 1. The van der Waals surface area contributed by atoms with Crippen LogP contribution in [-0.2, 0) is 0 Å². The first-order chi connectivity index (χ1) is 9.47. The third-order valence-corrected chi connectivity index (χ3v) is 3.17. The molecule has 0 bridgehead atoms. The quantitative estimate of drug-likeness (QED) is 0.515. The van der Waals surface area contributed by atoms with E-state index in [1.54, 1.807) is 0 Å². The maximum absolute atomic E-state index is 11.1. The number of hydrogen-bond donors (Lipinski definition) is 1. The van der Waals surface area contributed by atoms with Crippen LogP contribution in [0.2, 0.25) is 0 Å². The van der Waals surface area contributed by atoms with Gasteiger partial charge in [0.2, 0.25) is 0 Å². The van der Waals surface area contributed by atoms with E-state index in [1.165, 1.54) is 18.3 Å². The summed E-state index contributed by atoms with van der Waals surface area (Å²) in [7, 11) is 0. The Balaban J connectivity index is 2.43. The van der Waals surface area contributed by atoms with Gasteiger partial charge >= 0.3 is 0 Å². The molecule has 0 unspecified atom stereocenters. The van der Waals surface area contributed by atoms with Crippen molar-refractivity contribution in [2.75, 3.05) is 0 Å². The summed E-state index contributed by atoms with van der Waals surface area (Å²) in [5.41, 5.74) is -1.20. The molecule has 1 N–H and O–H groups in total. The molecule has 9 nitrogen and oxygen atoms in total. The minimum absolute atomic E-state index is 0.148. The normalized spacial score (nSPS) is 10.2. The van der Waals surface area contributed by atoms with Crippen molar-refractivity contribution >= 4 is 23.1 Å². The van der Waals surface area contributed by atoms with Gasteiger partial charge in [0.05, 0.1) is 20.8 Å². The van der Waals surface area contributed by atoms with E-state index in [9.17, 15) is 25.0 Å². The molecule has 0 saturated heterocycles. The number of nitrogens with one attached hydrogen (secondary N) is 1. The van der Waals surface area contributed by atoms with Crippen molar-refractivity contribution < 1.29 is 9.85 Å². The summed E-state index contributed by atoms with van der Waals surface area (Å²) in [4.78, 5) is 37.6. The van der Waals surface area contributed by atoms with Crippen LogP contribution in [0.15, 0.2) is 45.3 Å². The molecule has 0 amide bonds. The Morgan fingerprint density at radius 3 is 2.50 bits per heavy atom. The number of rotatable bonds is 4. The van der Waals surface area contributed by atoms with E-state index in [2.05, 4.69) is 9.97 Å². The fraction of sp³-hybridized carbons (Fsp3) is 0. The van der Waals surface area contributed by atoms with Crippen LogP contribution in [0.25, 0.3) is 0 Å². The van der Waals surface area contributed by atoms with Crippen molar-refractivity contribution in [3.8, 4) is 0 Å². The van der Waals surface area contributed by atoms with Gasteiger partial charge in [-0.1, -0.05) is 0 Å². The first-order valence-electron chi connectivity index (χ1n) is 5.13. The molecular formula is C10H6N4O5S. The maximum atomic E-state index is 11.1. The third kappa shape index (κ3) is 2.98. The van der Waals surface area contributed by atoms with Crippen LogP contribution < -0.4 is 5.56 Å². The molecule has 20 heavy (non-hydrogen) atoms. The van der Waals surface area contributed by atoms with Crippen LogP contribution >= 0.6 is 11.8 Å². The summed E-state index contributed by atoms with van der Waals surface area (Å²) in [5.74, 6) is 0. The number of aromatic amines is 1. The second-order valence-electron chi connectivity index (χ2n) is 3.51. The predicted octanol–water partition coefficient (Wildman–Crippen LogP) is 1.74. The predicted molar refractivity (Wildman–Crippen MR) is 68.7 cm³/mol. The van der Waals surface area contributed by atoms with Crippen molar-refractivity contribution in [3.63, 3.8) is 0 Å². The molecule has 2 rings (SSSR count). The van der Waals surface area contributed by atoms with Crippen LogP contribution in [0.4, 0.5) is 11.4 Å². The summed E-state index contributed by atoms with van der Waals surface area (Å²) >= 11 is 0.846. The van der Waals surface area contributed by atoms with Gasteiger partial charge in [0, 0.05) is 18.3 Å². The molecule has 2 aromatic rings. The molecule has 1 heterocycles. The minimum Gasteiger partial charge on any atom is -0.301 e. The summed E-state index contributed by atoms with van der Waals surface area (Å²) < 4.78 is 0. The highest BCUT2D eigenvalue weighted by Gasteiger charge is 2.20. The van der Waals surface area contributed by atoms with E-state index in [-0.39, 0.29) is 15.7 Å². The van der Waals surface area contributed by atoms with E-state index in [4.69, 9.17) is 0 Å². The molecule has 1 aromatic carbocycles. The van der Waals surface area contributed by atoms with Gasteiger partial charge in [-0.05, 0) is 17.8 Å². The molecule has 1 aromatic heterocycles. The number of non-ortho nitro benzene ring substituents is 1. The highest BCUT2D eigenvalue weighted by molar-refractivity contribution is 7.99. The fourth-order valence-corrected chi connectivity index (χ4v) is 2.20. The Hall–Kier alpha value is -2.75. The Kier molecular flexibility index (Phi) is 3.75. The van der Waals surface area contributed by atoms with Crippen molar-refractivity contribution in [3.05, 3.63) is 61.0 Å². The minimum atomic E-state index is -0.726. The summed E-state index contributed by atoms with van der Waals surface area (Å²) in [6, 6.07) is 4.46. The zero-order chi connectivity index (χ0) is 14.7. The van der Waals surface area contributed by atoms with E-state index in [0.29, 0.717) is 0 Å². The Morgan fingerprint density at radius 1 is 1.15 bits per heavy atom. The number of nitrogens with zero attached hydrogens (tertiary/aromatic N) is 3. The lowest BCUT2D eigenvalue weighted by Gasteiger charge is -2.01. The molecule has 0 saturated carbocycles. The van der Waals surface area contributed by atoms with Gasteiger partial charge < -0.3 is 4.98 Å². The molecule has 0 radical (unpaired) electrons. The monoisotopic (exact) mass is 294 g/mol. The summed E-state index contributed by atoms with van der Waals surface area (Å²) in [6.07, 6.45) is 1.26. The third-order valence-electron chi connectivity index (χ3n) is 2.20. The Labute approximate surface area is 115 Å². The fourth-order valence-electron chi connectivity index (χ4n) is 1.36. The van der Waals surface area contributed by atoms with Gasteiger partial charge in [0.15, 0.2) is 5.16 Å². The van der Waals surface area contributed by atoms with Crippen LogP contribution in [0.5, 0.6) is 0 Å². The van der Waals surface area contributed by atoms with Gasteiger partial charge in [-0.3, -0.25) is 25.0 Å². The zero-order valence-corrected chi connectivity index (χ0v) is 10.5. The Morgan fingerprint density at radius 2 is 1.90 bits per heavy atom.